The van der Waals surface area contributed by atoms with E-state index in [-0.39, 0.29) is 11.9 Å². The van der Waals surface area contributed by atoms with Crippen LogP contribution in [0.5, 0.6) is 11.5 Å². The smallest absolute Gasteiger partial charge is 0.254 e. The SMILES string of the molecule is CCOc1cc(C(=O)N2CCc3sccc3[C@H]2CC)ccc1OC. The molecule has 0 saturated carbocycles. The van der Waals surface area contributed by atoms with Crippen molar-refractivity contribution in [1.82, 2.24) is 4.90 Å². The van der Waals surface area contributed by atoms with Crippen LogP contribution in [0.25, 0.3) is 0 Å². The van der Waals surface area contributed by atoms with Gasteiger partial charge in [-0.05, 0) is 55.0 Å². The average molecular weight is 345 g/mol. The zero-order valence-electron chi connectivity index (χ0n) is 14.4. The van der Waals surface area contributed by atoms with Crippen LogP contribution in [0.15, 0.2) is 29.6 Å². The Kier molecular flexibility index (Phi) is 5.09. The van der Waals surface area contributed by atoms with E-state index >= 15 is 0 Å². The molecule has 4 nitrogen and oxygen atoms in total. The Hall–Kier alpha value is -2.01. The van der Waals surface area contributed by atoms with E-state index in [1.807, 2.05) is 17.9 Å². The van der Waals surface area contributed by atoms with Crippen molar-refractivity contribution in [2.75, 3.05) is 20.3 Å². The minimum Gasteiger partial charge on any atom is -0.493 e. The molecular formula is C19H23NO3S. The van der Waals surface area contributed by atoms with Gasteiger partial charge in [0.25, 0.3) is 5.91 Å². The Morgan fingerprint density at radius 3 is 2.83 bits per heavy atom. The Bertz CT molecular complexity index is 725. The minimum atomic E-state index is 0.0577. The van der Waals surface area contributed by atoms with Gasteiger partial charge in [0.05, 0.1) is 19.8 Å². The highest BCUT2D eigenvalue weighted by Gasteiger charge is 2.31. The van der Waals surface area contributed by atoms with Gasteiger partial charge in [-0.25, -0.2) is 0 Å². The molecule has 0 radical (unpaired) electrons. The standard InChI is InChI=1S/C19H23NO3S/c1-4-15-14-9-11-24-18(14)8-10-20(15)19(21)13-6-7-16(22-3)17(12-13)23-5-2/h6-7,9,11-12,15H,4-5,8,10H2,1-3H3/t15-/m1/s1. The highest BCUT2D eigenvalue weighted by atomic mass is 32.1. The van der Waals surface area contributed by atoms with E-state index < -0.39 is 0 Å². The third-order valence-corrected chi connectivity index (χ3v) is 5.45. The van der Waals surface area contributed by atoms with Crippen molar-refractivity contribution in [3.05, 3.63) is 45.6 Å². The van der Waals surface area contributed by atoms with Crippen molar-refractivity contribution < 1.29 is 14.3 Å². The fourth-order valence-corrected chi connectivity index (χ4v) is 4.25. The fourth-order valence-electron chi connectivity index (χ4n) is 3.32. The third-order valence-electron chi connectivity index (χ3n) is 4.45. The molecule has 1 aromatic heterocycles. The predicted octanol–water partition coefficient (Wildman–Crippen LogP) is 4.31. The Morgan fingerprint density at radius 1 is 1.29 bits per heavy atom. The van der Waals surface area contributed by atoms with Gasteiger partial charge < -0.3 is 14.4 Å². The molecule has 0 N–H and O–H groups in total. The summed E-state index contributed by atoms with van der Waals surface area (Å²) in [4.78, 5) is 16.5. The summed E-state index contributed by atoms with van der Waals surface area (Å²) < 4.78 is 10.9. The van der Waals surface area contributed by atoms with Gasteiger partial charge in [0.2, 0.25) is 0 Å². The number of methoxy groups -OCH3 is 1. The highest BCUT2D eigenvalue weighted by molar-refractivity contribution is 7.10. The first-order valence-corrected chi connectivity index (χ1v) is 9.25. The molecule has 0 aliphatic carbocycles. The van der Waals surface area contributed by atoms with Gasteiger partial charge in [-0.15, -0.1) is 11.3 Å². The molecule has 1 atom stereocenters. The quantitative estimate of drug-likeness (QED) is 0.811. The van der Waals surface area contributed by atoms with Gasteiger partial charge in [-0.2, -0.15) is 0 Å². The molecule has 0 unspecified atom stereocenters. The molecule has 2 heterocycles. The van der Waals surface area contributed by atoms with E-state index in [1.54, 1.807) is 30.6 Å². The van der Waals surface area contributed by atoms with E-state index in [9.17, 15) is 4.79 Å². The lowest BCUT2D eigenvalue weighted by Gasteiger charge is -2.35. The predicted molar refractivity (Wildman–Crippen MR) is 96.3 cm³/mol. The summed E-state index contributed by atoms with van der Waals surface area (Å²) >= 11 is 1.79. The summed E-state index contributed by atoms with van der Waals surface area (Å²) in [5.41, 5.74) is 1.96. The van der Waals surface area contributed by atoms with Crippen LogP contribution in [-0.2, 0) is 6.42 Å². The van der Waals surface area contributed by atoms with E-state index in [1.165, 1.54) is 10.4 Å². The normalized spacial score (nSPS) is 16.6. The first-order valence-electron chi connectivity index (χ1n) is 8.37. The van der Waals surface area contributed by atoms with Crippen LogP contribution in [0, 0.1) is 0 Å². The molecule has 1 aliphatic heterocycles. The van der Waals surface area contributed by atoms with Crippen LogP contribution in [-0.4, -0.2) is 31.1 Å². The Labute approximate surface area is 147 Å². The summed E-state index contributed by atoms with van der Waals surface area (Å²) in [6.45, 7) is 5.36. The van der Waals surface area contributed by atoms with Crippen molar-refractivity contribution in [1.29, 1.82) is 0 Å². The zero-order valence-corrected chi connectivity index (χ0v) is 15.2. The molecule has 128 valence electrons. The van der Waals surface area contributed by atoms with Crippen molar-refractivity contribution in [3.8, 4) is 11.5 Å². The minimum absolute atomic E-state index is 0.0577. The number of thiophene rings is 1. The van der Waals surface area contributed by atoms with Gasteiger partial charge in [-0.1, -0.05) is 6.92 Å². The van der Waals surface area contributed by atoms with Gasteiger partial charge in [0.1, 0.15) is 0 Å². The summed E-state index contributed by atoms with van der Waals surface area (Å²) in [6, 6.07) is 7.73. The highest BCUT2D eigenvalue weighted by Crippen LogP contribution is 2.37. The zero-order chi connectivity index (χ0) is 17.1. The second kappa shape index (κ2) is 7.26. The molecule has 0 spiro atoms. The molecular weight excluding hydrogens is 322 g/mol. The van der Waals surface area contributed by atoms with Gasteiger partial charge >= 0.3 is 0 Å². The summed E-state index contributed by atoms with van der Waals surface area (Å²) in [6.07, 6.45) is 1.85. The van der Waals surface area contributed by atoms with Crippen LogP contribution < -0.4 is 9.47 Å². The van der Waals surface area contributed by atoms with E-state index in [2.05, 4.69) is 18.4 Å². The average Bonchev–Trinajstić information content (AvgIpc) is 3.09. The molecule has 5 heteroatoms. The Balaban J connectivity index is 1.90. The van der Waals surface area contributed by atoms with Gasteiger partial charge in [-0.3, -0.25) is 4.79 Å². The lowest BCUT2D eigenvalue weighted by Crippen LogP contribution is -2.39. The topological polar surface area (TPSA) is 38.8 Å². The second-order valence-electron chi connectivity index (χ2n) is 5.77. The summed E-state index contributed by atoms with van der Waals surface area (Å²) in [7, 11) is 1.61. The number of amides is 1. The van der Waals surface area contributed by atoms with Crippen molar-refractivity contribution in [3.63, 3.8) is 0 Å². The number of hydrogen-bond donors (Lipinski definition) is 0. The maximum Gasteiger partial charge on any atom is 0.254 e. The van der Waals surface area contributed by atoms with Crippen LogP contribution in [0.4, 0.5) is 0 Å². The molecule has 0 fully saturated rings. The van der Waals surface area contributed by atoms with E-state index in [4.69, 9.17) is 9.47 Å². The van der Waals surface area contributed by atoms with Crippen LogP contribution in [0.1, 0.15) is 47.1 Å². The fraction of sp³-hybridized carbons (Fsp3) is 0.421. The van der Waals surface area contributed by atoms with E-state index in [0.717, 1.165) is 19.4 Å². The number of rotatable bonds is 5. The largest absolute Gasteiger partial charge is 0.493 e. The number of carbonyl (C=O) groups excluding carboxylic acids is 1. The number of ether oxygens (including phenoxy) is 2. The van der Waals surface area contributed by atoms with Crippen molar-refractivity contribution >= 4 is 17.2 Å². The van der Waals surface area contributed by atoms with Crippen LogP contribution in [0.2, 0.25) is 0 Å². The van der Waals surface area contributed by atoms with Crippen LogP contribution in [0.3, 0.4) is 0 Å². The Morgan fingerprint density at radius 2 is 2.12 bits per heavy atom. The van der Waals surface area contributed by atoms with E-state index in [0.29, 0.717) is 23.7 Å². The summed E-state index contributed by atoms with van der Waals surface area (Å²) in [5.74, 6) is 1.33. The maximum atomic E-state index is 13.1. The lowest BCUT2D eigenvalue weighted by molar-refractivity contribution is 0.0657. The molecule has 3 rings (SSSR count). The molecule has 24 heavy (non-hydrogen) atoms. The lowest BCUT2D eigenvalue weighted by atomic mass is 9.97. The first kappa shape index (κ1) is 16.8. The maximum absolute atomic E-state index is 13.1. The number of benzene rings is 1. The first-order chi connectivity index (χ1) is 11.7. The molecule has 1 aliphatic rings. The molecule has 0 bridgehead atoms. The molecule has 1 amide bonds. The monoisotopic (exact) mass is 345 g/mol. The third kappa shape index (κ3) is 3.00. The molecule has 0 saturated heterocycles. The number of carbonyl (C=O) groups is 1. The number of hydrogen-bond acceptors (Lipinski definition) is 4. The molecule has 2 aromatic rings. The summed E-state index contributed by atoms with van der Waals surface area (Å²) in [5, 5.41) is 2.13. The number of nitrogens with zero attached hydrogens (tertiary/aromatic N) is 1. The van der Waals surface area contributed by atoms with Crippen molar-refractivity contribution in [2.24, 2.45) is 0 Å². The van der Waals surface area contributed by atoms with Gasteiger partial charge in [0.15, 0.2) is 11.5 Å². The second-order valence-corrected chi connectivity index (χ2v) is 6.77. The molecule has 1 aromatic carbocycles. The van der Waals surface area contributed by atoms with Gasteiger partial charge in [0, 0.05) is 17.0 Å². The number of fused-ring (bicyclic) bond motifs is 1. The van der Waals surface area contributed by atoms with Crippen molar-refractivity contribution in [2.45, 2.75) is 32.7 Å². The van der Waals surface area contributed by atoms with Crippen LogP contribution >= 0.6 is 11.3 Å².